The highest BCUT2D eigenvalue weighted by Crippen LogP contribution is 2.38. The van der Waals surface area contributed by atoms with Crippen LogP contribution >= 0.6 is 11.3 Å². The van der Waals surface area contributed by atoms with E-state index < -0.39 is 0 Å². The number of aromatic nitrogens is 4. The first-order valence-electron chi connectivity index (χ1n) is 6.92. The number of fused-ring (bicyclic) bond motifs is 1. The number of rotatable bonds is 4. The van der Waals surface area contributed by atoms with Crippen molar-refractivity contribution >= 4 is 28.3 Å². The van der Waals surface area contributed by atoms with Gasteiger partial charge in [0.1, 0.15) is 5.92 Å². The number of amides is 1. The third-order valence-electron chi connectivity index (χ3n) is 3.34. The van der Waals surface area contributed by atoms with Crippen LogP contribution in [0.5, 0.6) is 0 Å². The molecule has 1 aliphatic carbocycles. The number of aryl methyl sites for hydroxylation is 2. The number of ether oxygens (including phenoxy) is 1. The molecule has 9 heteroatoms. The van der Waals surface area contributed by atoms with Gasteiger partial charge >= 0.3 is 5.97 Å². The Labute approximate surface area is 130 Å². The van der Waals surface area contributed by atoms with E-state index in [1.165, 1.54) is 22.2 Å². The van der Waals surface area contributed by atoms with Crippen LogP contribution in [0.2, 0.25) is 0 Å². The Hall–Kier alpha value is -2.29. The molecule has 1 atom stereocenters. The fourth-order valence-electron chi connectivity index (χ4n) is 2.37. The van der Waals surface area contributed by atoms with Crippen molar-refractivity contribution in [3.05, 3.63) is 22.5 Å². The Morgan fingerprint density at radius 2 is 2.36 bits per heavy atom. The van der Waals surface area contributed by atoms with E-state index in [1.807, 2.05) is 0 Å². The Bertz CT molecular complexity index is 723. The molecule has 2 heterocycles. The predicted molar refractivity (Wildman–Crippen MR) is 78.8 cm³/mol. The normalized spacial score (nSPS) is 16.4. The second kappa shape index (κ2) is 5.84. The molecule has 1 N–H and O–H groups in total. The maximum Gasteiger partial charge on any atom is 0.315 e. The van der Waals surface area contributed by atoms with Crippen molar-refractivity contribution in [2.24, 2.45) is 7.05 Å². The zero-order chi connectivity index (χ0) is 15.7. The molecule has 0 saturated heterocycles. The smallest absolute Gasteiger partial charge is 0.315 e. The van der Waals surface area contributed by atoms with Crippen LogP contribution in [-0.4, -0.2) is 38.5 Å². The number of carbonyl (C=O) groups is 2. The van der Waals surface area contributed by atoms with E-state index >= 15 is 0 Å². The Morgan fingerprint density at radius 1 is 1.55 bits per heavy atom. The van der Waals surface area contributed by atoms with Crippen molar-refractivity contribution in [1.29, 1.82) is 0 Å². The van der Waals surface area contributed by atoms with Crippen LogP contribution < -0.4 is 5.32 Å². The summed E-state index contributed by atoms with van der Waals surface area (Å²) in [5.41, 5.74) is 0.942. The zero-order valence-electron chi connectivity index (χ0n) is 12.2. The molecular weight excluding hydrogens is 306 g/mol. The summed E-state index contributed by atoms with van der Waals surface area (Å²) in [4.78, 5) is 29.3. The van der Waals surface area contributed by atoms with E-state index in [1.54, 1.807) is 14.0 Å². The van der Waals surface area contributed by atoms with Gasteiger partial charge in [0.2, 0.25) is 0 Å². The molecule has 3 rings (SSSR count). The third kappa shape index (κ3) is 2.71. The number of carbonyl (C=O) groups excluding carboxylic acids is 2. The lowest BCUT2D eigenvalue weighted by atomic mass is 10.1. The molecule has 0 fully saturated rings. The van der Waals surface area contributed by atoms with Gasteiger partial charge in [0.15, 0.2) is 10.8 Å². The topological polar surface area (TPSA) is 99.0 Å². The molecule has 22 heavy (non-hydrogen) atoms. The van der Waals surface area contributed by atoms with Crippen molar-refractivity contribution in [3.63, 3.8) is 0 Å². The molecule has 0 aliphatic heterocycles. The predicted octanol–water partition coefficient (Wildman–Crippen LogP) is 1.12. The van der Waals surface area contributed by atoms with Gasteiger partial charge in [-0.25, -0.2) is 4.98 Å². The number of hydrogen-bond acceptors (Lipinski definition) is 7. The average Bonchev–Trinajstić information content (AvgIpc) is 3.14. The number of hydrogen-bond donors (Lipinski definition) is 1. The van der Waals surface area contributed by atoms with Gasteiger partial charge in [0.25, 0.3) is 5.91 Å². The van der Waals surface area contributed by atoms with E-state index in [4.69, 9.17) is 4.74 Å². The summed E-state index contributed by atoms with van der Waals surface area (Å²) >= 11 is 1.39. The molecule has 116 valence electrons. The molecule has 0 unspecified atom stereocenters. The first-order valence-corrected chi connectivity index (χ1v) is 7.74. The summed E-state index contributed by atoms with van der Waals surface area (Å²) in [6.45, 7) is 2.13. The SMILES string of the molecule is CCOC(=O)[C@@H]1CCc2sc(NC(=O)c3cn(C)nn3)nc21. The van der Waals surface area contributed by atoms with Gasteiger partial charge in [-0.05, 0) is 19.8 Å². The Morgan fingerprint density at radius 3 is 3.05 bits per heavy atom. The minimum Gasteiger partial charge on any atom is -0.465 e. The highest BCUT2D eigenvalue weighted by molar-refractivity contribution is 7.16. The first kappa shape index (κ1) is 14.6. The van der Waals surface area contributed by atoms with E-state index in [0.717, 1.165) is 17.0 Å². The van der Waals surface area contributed by atoms with Crippen molar-refractivity contribution < 1.29 is 14.3 Å². The lowest BCUT2D eigenvalue weighted by Crippen LogP contribution is -2.15. The molecule has 1 aliphatic rings. The molecule has 0 spiro atoms. The molecular formula is C13H15N5O3S. The van der Waals surface area contributed by atoms with Gasteiger partial charge in [-0.3, -0.25) is 19.6 Å². The number of esters is 1. The monoisotopic (exact) mass is 321 g/mol. The maximum absolute atomic E-state index is 12.0. The van der Waals surface area contributed by atoms with E-state index in [2.05, 4.69) is 20.6 Å². The molecule has 2 aromatic heterocycles. The summed E-state index contributed by atoms with van der Waals surface area (Å²) < 4.78 is 6.51. The van der Waals surface area contributed by atoms with Crippen LogP contribution in [0, 0.1) is 0 Å². The summed E-state index contributed by atoms with van der Waals surface area (Å²) in [5.74, 6) is -0.945. The van der Waals surface area contributed by atoms with Crippen LogP contribution in [-0.2, 0) is 23.0 Å². The summed E-state index contributed by atoms with van der Waals surface area (Å²) in [6.07, 6.45) is 3.01. The van der Waals surface area contributed by atoms with Gasteiger partial charge in [0, 0.05) is 11.9 Å². The molecule has 0 radical (unpaired) electrons. The van der Waals surface area contributed by atoms with Crippen molar-refractivity contribution in [3.8, 4) is 0 Å². The van der Waals surface area contributed by atoms with Gasteiger partial charge < -0.3 is 4.74 Å². The van der Waals surface area contributed by atoms with Crippen LogP contribution in [0.1, 0.15) is 40.3 Å². The van der Waals surface area contributed by atoms with E-state index in [-0.39, 0.29) is 23.5 Å². The molecule has 8 nitrogen and oxygen atoms in total. The Kier molecular flexibility index (Phi) is 3.88. The van der Waals surface area contributed by atoms with E-state index in [0.29, 0.717) is 18.2 Å². The van der Waals surface area contributed by atoms with Crippen LogP contribution in [0.15, 0.2) is 6.20 Å². The van der Waals surface area contributed by atoms with Gasteiger partial charge in [-0.15, -0.1) is 16.4 Å². The van der Waals surface area contributed by atoms with E-state index in [9.17, 15) is 9.59 Å². The first-order chi connectivity index (χ1) is 10.6. The van der Waals surface area contributed by atoms with Gasteiger partial charge in [-0.2, -0.15) is 0 Å². The number of thiazole rings is 1. The molecule has 2 aromatic rings. The summed E-state index contributed by atoms with van der Waals surface area (Å²) in [6, 6.07) is 0. The second-order valence-corrected chi connectivity index (χ2v) is 5.99. The van der Waals surface area contributed by atoms with Crippen molar-refractivity contribution in [1.82, 2.24) is 20.0 Å². The lowest BCUT2D eigenvalue weighted by molar-refractivity contribution is -0.145. The highest BCUT2D eigenvalue weighted by Gasteiger charge is 2.33. The average molecular weight is 321 g/mol. The number of anilines is 1. The molecule has 0 bridgehead atoms. The third-order valence-corrected chi connectivity index (χ3v) is 4.39. The number of nitrogens with zero attached hydrogens (tertiary/aromatic N) is 4. The Balaban J connectivity index is 1.74. The second-order valence-electron chi connectivity index (χ2n) is 4.90. The summed E-state index contributed by atoms with van der Waals surface area (Å²) in [5, 5.41) is 10.6. The van der Waals surface area contributed by atoms with Crippen LogP contribution in [0.25, 0.3) is 0 Å². The quantitative estimate of drug-likeness (QED) is 0.847. The van der Waals surface area contributed by atoms with Crippen LogP contribution in [0.3, 0.4) is 0 Å². The molecule has 0 aromatic carbocycles. The lowest BCUT2D eigenvalue weighted by Gasteiger charge is -2.07. The molecule has 1 amide bonds. The fourth-order valence-corrected chi connectivity index (χ4v) is 3.40. The molecule has 0 saturated carbocycles. The van der Waals surface area contributed by atoms with Crippen molar-refractivity contribution in [2.45, 2.75) is 25.7 Å². The number of nitrogens with one attached hydrogen (secondary N) is 1. The zero-order valence-corrected chi connectivity index (χ0v) is 13.0. The largest absolute Gasteiger partial charge is 0.465 e. The maximum atomic E-state index is 12.0. The highest BCUT2D eigenvalue weighted by atomic mass is 32.1. The van der Waals surface area contributed by atoms with Crippen LogP contribution in [0.4, 0.5) is 5.13 Å². The standard InChI is InChI=1S/C13H15N5O3S/c1-3-21-12(20)7-4-5-9-10(7)14-13(22-9)15-11(19)8-6-18(2)17-16-8/h6-7H,3-5H2,1-2H3,(H,14,15,19)/t7-/m1/s1. The summed E-state index contributed by atoms with van der Waals surface area (Å²) in [7, 11) is 1.69. The van der Waals surface area contributed by atoms with Gasteiger partial charge in [0.05, 0.1) is 18.5 Å². The van der Waals surface area contributed by atoms with Gasteiger partial charge in [-0.1, -0.05) is 5.21 Å². The fraction of sp³-hybridized carbons (Fsp3) is 0.462. The minimum absolute atomic E-state index is 0.222. The van der Waals surface area contributed by atoms with Crippen molar-refractivity contribution in [2.75, 3.05) is 11.9 Å². The minimum atomic E-state index is -0.367.